The minimum atomic E-state index is 0.0473. The summed E-state index contributed by atoms with van der Waals surface area (Å²) in [5, 5.41) is 0. The third-order valence-electron chi connectivity index (χ3n) is 5.65. The van der Waals surface area contributed by atoms with Gasteiger partial charge in [-0.2, -0.15) is 0 Å². The molecule has 0 spiro atoms. The van der Waals surface area contributed by atoms with Crippen molar-refractivity contribution < 1.29 is 9.53 Å². The third-order valence-corrected chi connectivity index (χ3v) is 6.18. The molecule has 148 valence electrons. The molecule has 1 atom stereocenters. The number of hydrogen-bond acceptors (Lipinski definition) is 3. The van der Waals surface area contributed by atoms with E-state index in [0.29, 0.717) is 6.42 Å². The molecule has 3 nitrogen and oxygen atoms in total. The lowest BCUT2D eigenvalue weighted by molar-refractivity contribution is 0.0903. The van der Waals surface area contributed by atoms with E-state index in [4.69, 9.17) is 4.74 Å². The number of Topliss-reactive ketones (excluding diaryl/α,β-unsaturated/α-hetero) is 1. The Labute approximate surface area is 180 Å². The van der Waals surface area contributed by atoms with Crippen molar-refractivity contribution in [2.24, 2.45) is 0 Å². The predicted octanol–water partition coefficient (Wildman–Crippen LogP) is 5.83. The van der Waals surface area contributed by atoms with E-state index in [2.05, 4.69) is 69.4 Å². The van der Waals surface area contributed by atoms with E-state index in [1.807, 2.05) is 24.3 Å². The number of halogens is 1. The summed E-state index contributed by atoms with van der Waals surface area (Å²) in [5.41, 5.74) is 4.68. The minimum Gasteiger partial charge on any atom is -0.497 e. The van der Waals surface area contributed by atoms with Crippen LogP contribution in [0.15, 0.2) is 77.3 Å². The van der Waals surface area contributed by atoms with Crippen molar-refractivity contribution >= 4 is 21.7 Å². The van der Waals surface area contributed by atoms with Crippen molar-refractivity contribution in [1.82, 2.24) is 4.90 Å². The number of methoxy groups -OCH3 is 1. The highest BCUT2D eigenvalue weighted by Gasteiger charge is 2.27. The molecule has 0 fully saturated rings. The van der Waals surface area contributed by atoms with Crippen LogP contribution >= 0.6 is 15.9 Å². The van der Waals surface area contributed by atoms with Gasteiger partial charge in [0.15, 0.2) is 5.78 Å². The molecule has 4 heteroatoms. The predicted molar refractivity (Wildman–Crippen MR) is 119 cm³/mol. The second kappa shape index (κ2) is 8.93. The van der Waals surface area contributed by atoms with E-state index >= 15 is 0 Å². The second-order valence-electron chi connectivity index (χ2n) is 7.41. The fourth-order valence-electron chi connectivity index (χ4n) is 4.00. The summed E-state index contributed by atoms with van der Waals surface area (Å²) in [4.78, 5) is 15.5. The van der Waals surface area contributed by atoms with Gasteiger partial charge in [0.25, 0.3) is 0 Å². The van der Waals surface area contributed by atoms with Gasteiger partial charge in [-0.25, -0.2) is 0 Å². The highest BCUT2D eigenvalue weighted by atomic mass is 79.9. The lowest BCUT2D eigenvalue weighted by atomic mass is 9.92. The molecule has 0 N–H and O–H groups in total. The van der Waals surface area contributed by atoms with E-state index in [1.54, 1.807) is 7.11 Å². The van der Waals surface area contributed by atoms with Crippen LogP contribution in [0.5, 0.6) is 5.75 Å². The normalized spacial score (nSPS) is 14.8. The van der Waals surface area contributed by atoms with Crippen LogP contribution in [0.2, 0.25) is 0 Å². The van der Waals surface area contributed by atoms with E-state index in [0.717, 1.165) is 35.3 Å². The van der Waals surface area contributed by atoms with Gasteiger partial charge in [-0.05, 0) is 59.5 Å². The van der Waals surface area contributed by atoms with Gasteiger partial charge in [-0.1, -0.05) is 52.3 Å². The first-order valence-electron chi connectivity index (χ1n) is 9.87. The van der Waals surface area contributed by atoms with Crippen molar-refractivity contribution in [3.8, 4) is 5.75 Å². The molecule has 1 aliphatic heterocycles. The number of fused-ring (bicyclic) bond motifs is 1. The highest BCUT2D eigenvalue weighted by molar-refractivity contribution is 9.10. The highest BCUT2D eigenvalue weighted by Crippen LogP contribution is 2.32. The van der Waals surface area contributed by atoms with E-state index in [-0.39, 0.29) is 11.8 Å². The summed E-state index contributed by atoms with van der Waals surface area (Å²) < 4.78 is 6.26. The van der Waals surface area contributed by atoms with Crippen LogP contribution in [0.25, 0.3) is 0 Å². The third kappa shape index (κ3) is 4.60. The largest absolute Gasteiger partial charge is 0.497 e. The van der Waals surface area contributed by atoms with Crippen LogP contribution in [0.3, 0.4) is 0 Å². The monoisotopic (exact) mass is 449 g/mol. The molecule has 1 heterocycles. The van der Waals surface area contributed by atoms with Crippen molar-refractivity contribution in [1.29, 1.82) is 0 Å². The molecule has 3 aromatic carbocycles. The van der Waals surface area contributed by atoms with E-state index in [1.165, 1.54) is 16.7 Å². The molecule has 0 aliphatic carbocycles. The van der Waals surface area contributed by atoms with Gasteiger partial charge < -0.3 is 4.74 Å². The Kier molecular flexibility index (Phi) is 6.12. The van der Waals surface area contributed by atoms with Crippen LogP contribution in [0, 0.1) is 0 Å². The van der Waals surface area contributed by atoms with Gasteiger partial charge in [-0.15, -0.1) is 0 Å². The van der Waals surface area contributed by atoms with Gasteiger partial charge in [0.1, 0.15) is 5.75 Å². The molecule has 0 bridgehead atoms. The molecule has 0 saturated heterocycles. The minimum absolute atomic E-state index is 0.0473. The molecular formula is C25H24BrNO2. The number of ether oxygens (including phenoxy) is 1. The first-order valence-corrected chi connectivity index (χ1v) is 10.7. The van der Waals surface area contributed by atoms with E-state index < -0.39 is 0 Å². The van der Waals surface area contributed by atoms with Gasteiger partial charge in [0.05, 0.1) is 7.11 Å². The van der Waals surface area contributed by atoms with Gasteiger partial charge in [0.2, 0.25) is 0 Å². The quantitative estimate of drug-likeness (QED) is 0.443. The Bertz CT molecular complexity index is 982. The average Bonchev–Trinajstić information content (AvgIpc) is 2.78. The number of hydrogen-bond donors (Lipinski definition) is 0. The SMILES string of the molecule is COc1ccc(C(=O)C[C@H](c2ccc(Br)cc2)N2CCc3ccccc3C2)cc1. The fourth-order valence-corrected chi connectivity index (χ4v) is 4.26. The molecule has 3 aromatic rings. The molecule has 1 aliphatic rings. The van der Waals surface area contributed by atoms with Crippen LogP contribution in [-0.4, -0.2) is 24.3 Å². The summed E-state index contributed by atoms with van der Waals surface area (Å²) in [5.74, 6) is 0.915. The molecule has 0 radical (unpaired) electrons. The average molecular weight is 450 g/mol. The lowest BCUT2D eigenvalue weighted by Gasteiger charge is -2.36. The Hall–Kier alpha value is -2.43. The Balaban J connectivity index is 1.60. The van der Waals surface area contributed by atoms with E-state index in [9.17, 15) is 4.79 Å². The first kappa shape index (κ1) is 19.9. The Morgan fingerprint density at radius 2 is 1.69 bits per heavy atom. The number of rotatable bonds is 6. The van der Waals surface area contributed by atoms with Crippen molar-refractivity contribution in [3.05, 3.63) is 99.5 Å². The summed E-state index contributed by atoms with van der Waals surface area (Å²) in [6, 6.07) is 24.4. The maximum atomic E-state index is 13.1. The van der Waals surface area contributed by atoms with Crippen molar-refractivity contribution in [3.63, 3.8) is 0 Å². The Morgan fingerprint density at radius 1 is 1.00 bits per heavy atom. The standard InChI is InChI=1S/C25H24BrNO2/c1-29-23-12-8-20(9-13-23)25(28)16-24(19-6-10-22(26)11-7-19)27-15-14-18-4-2-3-5-21(18)17-27/h2-13,24H,14-17H2,1H3/t24-/m1/s1. The van der Waals surface area contributed by atoms with Crippen LogP contribution in [0.1, 0.15) is 39.5 Å². The molecule has 4 rings (SSSR count). The molecular weight excluding hydrogens is 426 g/mol. The summed E-state index contributed by atoms with van der Waals surface area (Å²) in [6.45, 7) is 1.82. The summed E-state index contributed by atoms with van der Waals surface area (Å²) in [7, 11) is 1.63. The van der Waals surface area contributed by atoms with Crippen molar-refractivity contribution in [2.75, 3.05) is 13.7 Å². The lowest BCUT2D eigenvalue weighted by Crippen LogP contribution is -2.35. The number of ketones is 1. The number of benzene rings is 3. The number of carbonyl (C=O) groups excluding carboxylic acids is 1. The number of carbonyl (C=O) groups is 1. The van der Waals surface area contributed by atoms with Gasteiger partial charge in [-0.3, -0.25) is 9.69 Å². The van der Waals surface area contributed by atoms with Crippen LogP contribution < -0.4 is 4.74 Å². The molecule has 0 saturated carbocycles. The van der Waals surface area contributed by atoms with Crippen molar-refractivity contribution in [2.45, 2.75) is 25.4 Å². The fraction of sp³-hybridized carbons (Fsp3) is 0.240. The van der Waals surface area contributed by atoms with Gasteiger partial charge in [0, 0.05) is 35.6 Å². The van der Waals surface area contributed by atoms with Gasteiger partial charge >= 0.3 is 0 Å². The Morgan fingerprint density at radius 3 is 2.38 bits per heavy atom. The summed E-state index contributed by atoms with van der Waals surface area (Å²) >= 11 is 3.52. The van der Waals surface area contributed by atoms with Crippen LogP contribution in [-0.2, 0) is 13.0 Å². The topological polar surface area (TPSA) is 29.5 Å². The zero-order valence-electron chi connectivity index (χ0n) is 16.5. The molecule has 0 amide bonds. The summed E-state index contributed by atoms with van der Waals surface area (Å²) in [6.07, 6.45) is 1.47. The molecule has 0 aromatic heterocycles. The number of nitrogens with zero attached hydrogens (tertiary/aromatic N) is 1. The molecule has 29 heavy (non-hydrogen) atoms. The zero-order chi connectivity index (χ0) is 20.2. The maximum absolute atomic E-state index is 13.1. The van der Waals surface area contributed by atoms with Crippen LogP contribution in [0.4, 0.5) is 0 Å². The maximum Gasteiger partial charge on any atom is 0.164 e. The second-order valence-corrected chi connectivity index (χ2v) is 8.33. The molecule has 0 unspecified atom stereocenters. The zero-order valence-corrected chi connectivity index (χ0v) is 18.1. The first-order chi connectivity index (χ1) is 14.1. The smallest absolute Gasteiger partial charge is 0.164 e.